The molecular formula is C13H19FN2O2S. The van der Waals surface area contributed by atoms with E-state index in [4.69, 9.17) is 5.73 Å². The molecule has 106 valence electrons. The van der Waals surface area contributed by atoms with Crippen LogP contribution in [-0.4, -0.2) is 21.9 Å². The molecule has 0 saturated heterocycles. The lowest BCUT2D eigenvalue weighted by molar-refractivity contribution is -0.119. The van der Waals surface area contributed by atoms with Crippen molar-refractivity contribution in [3.8, 4) is 0 Å². The van der Waals surface area contributed by atoms with Crippen molar-refractivity contribution < 1.29 is 13.4 Å². The minimum Gasteiger partial charge on any atom is -0.399 e. The van der Waals surface area contributed by atoms with Gasteiger partial charge in [0.05, 0.1) is 15.7 Å². The third-order valence-corrected chi connectivity index (χ3v) is 3.94. The fraction of sp³-hybridized carbons (Fsp3) is 0.462. The third kappa shape index (κ3) is 4.98. The molecule has 4 nitrogen and oxygen atoms in total. The largest absolute Gasteiger partial charge is 0.399 e. The van der Waals surface area contributed by atoms with E-state index >= 15 is 0 Å². The van der Waals surface area contributed by atoms with Crippen LogP contribution in [0.2, 0.25) is 0 Å². The maximum atomic E-state index is 13.5. The van der Waals surface area contributed by atoms with Gasteiger partial charge < -0.3 is 11.1 Å². The molecule has 1 aromatic rings. The highest BCUT2D eigenvalue weighted by Gasteiger charge is 2.15. The number of benzene rings is 1. The monoisotopic (exact) mass is 286 g/mol. The molecular weight excluding hydrogens is 267 g/mol. The Morgan fingerprint density at radius 3 is 2.79 bits per heavy atom. The van der Waals surface area contributed by atoms with Crippen molar-refractivity contribution in [1.29, 1.82) is 0 Å². The van der Waals surface area contributed by atoms with Crippen LogP contribution in [0.4, 0.5) is 10.1 Å². The quantitative estimate of drug-likeness (QED) is 0.784. The normalized spacial score (nSPS) is 13.8. The highest BCUT2D eigenvalue weighted by atomic mass is 32.2. The second-order valence-corrected chi connectivity index (χ2v) is 5.86. The minimum atomic E-state index is -1.70. The Morgan fingerprint density at radius 1 is 1.53 bits per heavy atom. The molecule has 0 spiro atoms. The summed E-state index contributed by atoms with van der Waals surface area (Å²) < 4.78 is 25.4. The zero-order valence-corrected chi connectivity index (χ0v) is 11.9. The predicted molar refractivity (Wildman–Crippen MR) is 74.6 cm³/mol. The molecule has 0 aromatic heterocycles. The molecule has 6 heteroatoms. The second kappa shape index (κ2) is 7.23. The second-order valence-electron chi connectivity index (χ2n) is 4.44. The molecule has 0 bridgehead atoms. The molecule has 2 atom stereocenters. The van der Waals surface area contributed by atoms with Crippen LogP contribution < -0.4 is 11.1 Å². The van der Waals surface area contributed by atoms with Gasteiger partial charge in [0, 0.05) is 11.7 Å². The van der Waals surface area contributed by atoms with Gasteiger partial charge in [0.1, 0.15) is 11.6 Å². The number of carbonyl (C=O) groups excluding carboxylic acids is 1. The van der Waals surface area contributed by atoms with E-state index in [0.29, 0.717) is 0 Å². The zero-order valence-electron chi connectivity index (χ0n) is 11.1. The van der Waals surface area contributed by atoms with Crippen molar-refractivity contribution >= 4 is 22.4 Å². The van der Waals surface area contributed by atoms with Crippen LogP contribution in [0.15, 0.2) is 23.1 Å². The standard InChI is InChI=1S/C13H19FN2O2S/c1-3-4-9(2)16-13(17)8-19(18)12-6-5-10(15)7-11(12)14/h5-7,9H,3-4,8,15H2,1-2H3,(H,16,17). The Kier molecular flexibility index (Phi) is 5.95. The van der Waals surface area contributed by atoms with E-state index in [1.165, 1.54) is 12.1 Å². The van der Waals surface area contributed by atoms with Gasteiger partial charge in [0.2, 0.25) is 5.91 Å². The van der Waals surface area contributed by atoms with Crippen LogP contribution in [-0.2, 0) is 15.6 Å². The summed E-state index contributed by atoms with van der Waals surface area (Å²) in [5.41, 5.74) is 5.67. The number of hydrogen-bond acceptors (Lipinski definition) is 3. The Balaban J connectivity index is 2.62. The van der Waals surface area contributed by atoms with E-state index in [0.717, 1.165) is 18.9 Å². The minimum absolute atomic E-state index is 0.00694. The van der Waals surface area contributed by atoms with Gasteiger partial charge in [-0.2, -0.15) is 0 Å². The first kappa shape index (κ1) is 15.6. The number of nitrogens with one attached hydrogen (secondary N) is 1. The summed E-state index contributed by atoms with van der Waals surface area (Å²) in [7, 11) is -1.70. The van der Waals surface area contributed by atoms with E-state index < -0.39 is 16.6 Å². The topological polar surface area (TPSA) is 72.2 Å². The molecule has 1 aromatic carbocycles. The SMILES string of the molecule is CCCC(C)NC(=O)CS(=O)c1ccc(N)cc1F. The molecule has 0 aliphatic carbocycles. The summed E-state index contributed by atoms with van der Waals surface area (Å²) in [6.07, 6.45) is 1.81. The van der Waals surface area contributed by atoms with Crippen LogP contribution in [0, 0.1) is 5.82 Å². The van der Waals surface area contributed by atoms with Crippen molar-refractivity contribution in [1.82, 2.24) is 5.32 Å². The van der Waals surface area contributed by atoms with Gasteiger partial charge in [-0.25, -0.2) is 4.39 Å². The van der Waals surface area contributed by atoms with Gasteiger partial charge >= 0.3 is 0 Å². The van der Waals surface area contributed by atoms with Gasteiger partial charge in [0.25, 0.3) is 0 Å². The Morgan fingerprint density at radius 2 is 2.21 bits per heavy atom. The van der Waals surface area contributed by atoms with Gasteiger partial charge in [-0.15, -0.1) is 0 Å². The summed E-state index contributed by atoms with van der Waals surface area (Å²) in [6.45, 7) is 3.90. The van der Waals surface area contributed by atoms with Gasteiger partial charge in [-0.1, -0.05) is 13.3 Å². The molecule has 1 rings (SSSR count). The molecule has 0 heterocycles. The lowest BCUT2D eigenvalue weighted by Crippen LogP contribution is -2.35. The Bertz CT molecular complexity index is 480. The summed E-state index contributed by atoms with van der Waals surface area (Å²) in [5.74, 6) is -1.22. The average Bonchev–Trinajstić information content (AvgIpc) is 2.28. The van der Waals surface area contributed by atoms with Gasteiger partial charge in [-0.05, 0) is 31.5 Å². The van der Waals surface area contributed by atoms with Crippen molar-refractivity contribution in [2.24, 2.45) is 0 Å². The van der Waals surface area contributed by atoms with E-state index in [2.05, 4.69) is 5.32 Å². The lowest BCUT2D eigenvalue weighted by atomic mass is 10.2. The number of carbonyl (C=O) groups is 1. The molecule has 19 heavy (non-hydrogen) atoms. The smallest absolute Gasteiger partial charge is 0.233 e. The lowest BCUT2D eigenvalue weighted by Gasteiger charge is -2.12. The molecule has 0 aliphatic rings. The first-order valence-electron chi connectivity index (χ1n) is 6.16. The van der Waals surface area contributed by atoms with E-state index in [1.54, 1.807) is 0 Å². The van der Waals surface area contributed by atoms with Crippen LogP contribution in [0.3, 0.4) is 0 Å². The summed E-state index contributed by atoms with van der Waals surface area (Å²) >= 11 is 0. The molecule has 0 fully saturated rings. The Hall–Kier alpha value is -1.43. The van der Waals surface area contributed by atoms with Crippen LogP contribution >= 0.6 is 0 Å². The van der Waals surface area contributed by atoms with E-state index in [-0.39, 0.29) is 28.3 Å². The molecule has 0 aliphatic heterocycles. The van der Waals surface area contributed by atoms with Crippen molar-refractivity contribution in [2.45, 2.75) is 37.6 Å². The van der Waals surface area contributed by atoms with Crippen LogP contribution in [0.1, 0.15) is 26.7 Å². The first-order chi connectivity index (χ1) is 8.93. The highest BCUT2D eigenvalue weighted by molar-refractivity contribution is 7.85. The average molecular weight is 286 g/mol. The fourth-order valence-corrected chi connectivity index (χ4v) is 2.69. The van der Waals surface area contributed by atoms with Crippen molar-refractivity contribution in [3.05, 3.63) is 24.0 Å². The predicted octanol–water partition coefficient (Wildman–Crippen LogP) is 1.82. The number of hydrogen-bond donors (Lipinski definition) is 2. The number of anilines is 1. The number of rotatable bonds is 6. The summed E-state index contributed by atoms with van der Waals surface area (Å²) in [4.78, 5) is 11.6. The highest BCUT2D eigenvalue weighted by Crippen LogP contribution is 2.15. The number of nitrogen functional groups attached to an aromatic ring is 1. The van der Waals surface area contributed by atoms with Crippen LogP contribution in [0.5, 0.6) is 0 Å². The molecule has 0 radical (unpaired) electrons. The van der Waals surface area contributed by atoms with Crippen molar-refractivity contribution in [2.75, 3.05) is 11.5 Å². The number of halogens is 1. The summed E-state index contributed by atoms with van der Waals surface area (Å²) in [5, 5.41) is 2.73. The fourth-order valence-electron chi connectivity index (χ4n) is 1.72. The number of amides is 1. The summed E-state index contributed by atoms with van der Waals surface area (Å²) in [6, 6.07) is 3.95. The molecule has 1 amide bonds. The van der Waals surface area contributed by atoms with Crippen molar-refractivity contribution in [3.63, 3.8) is 0 Å². The van der Waals surface area contributed by atoms with Gasteiger partial charge in [0.15, 0.2) is 0 Å². The number of nitrogens with two attached hydrogens (primary N) is 1. The molecule has 2 unspecified atom stereocenters. The maximum Gasteiger partial charge on any atom is 0.233 e. The zero-order chi connectivity index (χ0) is 14.4. The molecule has 0 saturated carbocycles. The Labute approximate surface area is 115 Å². The van der Waals surface area contributed by atoms with E-state index in [9.17, 15) is 13.4 Å². The molecule has 3 N–H and O–H groups in total. The van der Waals surface area contributed by atoms with Crippen LogP contribution in [0.25, 0.3) is 0 Å². The maximum absolute atomic E-state index is 13.5. The first-order valence-corrected chi connectivity index (χ1v) is 7.48. The van der Waals surface area contributed by atoms with Gasteiger partial charge in [-0.3, -0.25) is 9.00 Å². The third-order valence-electron chi connectivity index (χ3n) is 2.59. The van der Waals surface area contributed by atoms with E-state index in [1.807, 2.05) is 13.8 Å².